The van der Waals surface area contributed by atoms with Crippen LogP contribution < -0.4 is 29.4 Å². The van der Waals surface area contributed by atoms with Gasteiger partial charge in [0.2, 0.25) is 0 Å². The van der Waals surface area contributed by atoms with Crippen molar-refractivity contribution in [3.05, 3.63) is 0 Å². The van der Waals surface area contributed by atoms with Crippen molar-refractivity contribution < 1.29 is 80.6 Å². The van der Waals surface area contributed by atoms with Gasteiger partial charge in [-0.05, 0) is 0 Å². The molecule has 0 radical (unpaired) electrons. The molecule has 0 bridgehead atoms. The van der Waals surface area contributed by atoms with Crippen molar-refractivity contribution in [3.8, 4) is 0 Å². The summed E-state index contributed by atoms with van der Waals surface area (Å²) in [6, 6.07) is 0. The molecule has 0 spiro atoms. The summed E-state index contributed by atoms with van der Waals surface area (Å²) in [7, 11) is -6.74. The van der Waals surface area contributed by atoms with Gasteiger partial charge in [0.25, 0.3) is 0 Å². The molecule has 0 aromatic carbocycles. The Hall–Kier alpha value is 2.18. The standard InChI is InChI=1S/3Fe.2O3P/c;;;2*1-4(2)3/q3*+2;2*-3. The number of hydrogen-bond acceptors (Lipinski definition) is 6. The average molecular weight is 325 g/mol. The monoisotopic (exact) mass is 326 g/mol. The summed E-state index contributed by atoms with van der Waals surface area (Å²) in [5.74, 6) is 0. The van der Waals surface area contributed by atoms with Crippen molar-refractivity contribution in [2.75, 3.05) is 0 Å². The quantitative estimate of drug-likeness (QED) is 0.322. The van der Waals surface area contributed by atoms with Crippen molar-refractivity contribution in [1.29, 1.82) is 0 Å². The van der Waals surface area contributed by atoms with E-state index in [1.54, 1.807) is 0 Å². The summed E-state index contributed by atoms with van der Waals surface area (Å²) < 4.78 is 0. The summed E-state index contributed by atoms with van der Waals surface area (Å²) in [5, 5.41) is 0. The third kappa shape index (κ3) is 266. The molecule has 0 aliphatic rings. The summed E-state index contributed by atoms with van der Waals surface area (Å²) in [5.41, 5.74) is 0. The first-order chi connectivity index (χ1) is 3.46. The molecule has 0 aliphatic carbocycles. The fourth-order valence-corrected chi connectivity index (χ4v) is 0. The van der Waals surface area contributed by atoms with E-state index in [4.69, 9.17) is 29.4 Å². The van der Waals surface area contributed by atoms with Crippen LogP contribution in [0.5, 0.6) is 0 Å². The van der Waals surface area contributed by atoms with Crippen molar-refractivity contribution in [1.82, 2.24) is 0 Å². The second kappa shape index (κ2) is 22.8. The van der Waals surface area contributed by atoms with Gasteiger partial charge in [-0.2, -0.15) is 0 Å². The van der Waals surface area contributed by atoms with Crippen LogP contribution in [0.4, 0.5) is 0 Å². The molecule has 0 amide bonds. The summed E-state index contributed by atoms with van der Waals surface area (Å²) >= 11 is 0. The van der Waals surface area contributed by atoms with Crippen LogP contribution in [0.3, 0.4) is 0 Å². The largest absolute Gasteiger partial charge is 2.00 e. The maximum Gasteiger partial charge on any atom is 2.00 e. The second-order valence-corrected chi connectivity index (χ2v) is 1.34. The van der Waals surface area contributed by atoms with E-state index in [1.807, 2.05) is 0 Å². The maximum atomic E-state index is 8.48. The Morgan fingerprint density at radius 3 is 0.455 bits per heavy atom. The molecular weight excluding hydrogens is 325 g/mol. The van der Waals surface area contributed by atoms with Gasteiger partial charge in [-0.25, -0.2) is 0 Å². The van der Waals surface area contributed by atoms with Crippen LogP contribution in [0.25, 0.3) is 0 Å². The smallest absolute Gasteiger partial charge is 0.854 e. The van der Waals surface area contributed by atoms with E-state index in [0.29, 0.717) is 0 Å². The molecule has 0 heterocycles. The van der Waals surface area contributed by atoms with Gasteiger partial charge in [-0.3, -0.25) is 0 Å². The molecule has 0 N–H and O–H groups in total. The minimum absolute atomic E-state index is 0. The fourth-order valence-electron chi connectivity index (χ4n) is 0. The van der Waals surface area contributed by atoms with Crippen LogP contribution in [0.2, 0.25) is 0 Å². The van der Waals surface area contributed by atoms with Gasteiger partial charge < -0.3 is 46.6 Å². The van der Waals surface area contributed by atoms with E-state index < -0.39 is 17.2 Å². The fraction of sp³-hybridized carbons (Fsp3) is 0. The van der Waals surface area contributed by atoms with E-state index in [0.717, 1.165) is 0 Å². The molecule has 0 unspecified atom stereocenters. The molecule has 70 valence electrons. The zero-order chi connectivity index (χ0) is 7.15. The van der Waals surface area contributed by atoms with Crippen LogP contribution in [0.1, 0.15) is 0 Å². The Morgan fingerprint density at radius 2 is 0.455 bits per heavy atom. The zero-order valence-corrected chi connectivity index (χ0v) is 9.51. The molecule has 0 atom stereocenters. The Morgan fingerprint density at radius 1 is 0.455 bits per heavy atom. The molecule has 0 saturated heterocycles. The van der Waals surface area contributed by atoms with Crippen LogP contribution in [-0.4, -0.2) is 0 Å². The molecular formula is Fe3O6P2. The van der Waals surface area contributed by atoms with Crippen molar-refractivity contribution in [2.45, 2.75) is 0 Å². The van der Waals surface area contributed by atoms with Crippen LogP contribution >= 0.6 is 17.2 Å². The van der Waals surface area contributed by atoms with Gasteiger partial charge in [0.15, 0.2) is 0 Å². The molecule has 0 saturated carbocycles. The van der Waals surface area contributed by atoms with E-state index in [1.165, 1.54) is 0 Å². The second-order valence-electron chi connectivity index (χ2n) is 0.447. The normalized spacial score (nSPS) is 6.55. The summed E-state index contributed by atoms with van der Waals surface area (Å²) in [6.07, 6.45) is 0. The topological polar surface area (TPSA) is 138 Å². The van der Waals surface area contributed by atoms with E-state index in [9.17, 15) is 0 Å². The van der Waals surface area contributed by atoms with Gasteiger partial charge in [0.1, 0.15) is 0 Å². The molecule has 0 aromatic heterocycles. The summed E-state index contributed by atoms with van der Waals surface area (Å²) in [4.78, 5) is 50.9. The van der Waals surface area contributed by atoms with Gasteiger partial charge in [-0.15, -0.1) is 0 Å². The average Bonchev–Trinajstić information content (AvgIpc) is 1.25. The first kappa shape index (κ1) is 29.2. The summed E-state index contributed by atoms with van der Waals surface area (Å²) in [6.45, 7) is 0. The predicted octanol–water partition coefficient (Wildman–Crippen LogP) is -5.42. The van der Waals surface area contributed by atoms with Crippen molar-refractivity contribution >= 4 is 17.2 Å². The van der Waals surface area contributed by atoms with Gasteiger partial charge in [0, 0.05) is 0 Å². The molecule has 0 fully saturated rings. The molecule has 0 rings (SSSR count). The van der Waals surface area contributed by atoms with Gasteiger partial charge in [0.05, 0.1) is 0 Å². The molecule has 6 nitrogen and oxygen atoms in total. The Balaban J connectivity index is -0.0000000171. The Bertz CT molecular complexity index is 31.3. The zero-order valence-electron chi connectivity index (χ0n) is 4.40. The molecule has 0 aliphatic heterocycles. The number of hydrogen-bond donors (Lipinski definition) is 0. The Labute approximate surface area is 97.5 Å². The van der Waals surface area contributed by atoms with Crippen LogP contribution in [-0.2, 0) is 51.2 Å². The van der Waals surface area contributed by atoms with E-state index in [2.05, 4.69) is 0 Å². The molecule has 11 heavy (non-hydrogen) atoms. The van der Waals surface area contributed by atoms with Crippen molar-refractivity contribution in [3.63, 3.8) is 0 Å². The number of rotatable bonds is 0. The first-order valence-electron chi connectivity index (χ1n) is 1.10. The van der Waals surface area contributed by atoms with Crippen LogP contribution in [0, 0.1) is 0 Å². The first-order valence-corrected chi connectivity index (χ1v) is 3.29. The van der Waals surface area contributed by atoms with Gasteiger partial charge >= 0.3 is 51.2 Å². The van der Waals surface area contributed by atoms with E-state index >= 15 is 0 Å². The SMILES string of the molecule is [Fe+2].[Fe+2].[Fe+2].[O-]P([O-])[O-].[O-]P([O-])[O-]. The van der Waals surface area contributed by atoms with Crippen LogP contribution in [0.15, 0.2) is 0 Å². The Kier molecular flexibility index (Phi) is 60.4. The van der Waals surface area contributed by atoms with Gasteiger partial charge in [-0.1, -0.05) is 0 Å². The van der Waals surface area contributed by atoms with E-state index in [-0.39, 0.29) is 51.2 Å². The minimum Gasteiger partial charge on any atom is -0.854 e. The van der Waals surface area contributed by atoms with Crippen molar-refractivity contribution in [2.24, 2.45) is 0 Å². The molecule has 11 heteroatoms. The minimum atomic E-state index is -3.37. The third-order valence-corrected chi connectivity index (χ3v) is 0. The predicted molar refractivity (Wildman–Crippen MR) is 13.8 cm³/mol. The third-order valence-electron chi connectivity index (χ3n) is 0. The maximum absolute atomic E-state index is 8.48. The molecule has 0 aromatic rings.